The fourth-order valence-electron chi connectivity index (χ4n) is 4.61. The Morgan fingerprint density at radius 3 is 1.12 bits per heavy atom. The Kier molecular flexibility index (Phi) is 5.55. The lowest BCUT2D eigenvalue weighted by atomic mass is 9.56. The van der Waals surface area contributed by atoms with Gasteiger partial charge in [-0.05, 0) is 23.3 Å². The molecule has 0 saturated carbocycles. The van der Waals surface area contributed by atoms with Gasteiger partial charge in [0.2, 0.25) is 0 Å². The van der Waals surface area contributed by atoms with E-state index in [2.05, 4.69) is 0 Å². The Morgan fingerprint density at radius 2 is 0.706 bits per heavy atom. The minimum Gasteiger partial charge on any atom is -0.310 e. The fraction of sp³-hybridized carbons (Fsp3) is 0. The van der Waals surface area contributed by atoms with Crippen LogP contribution in [-0.4, -0.2) is 75.2 Å². The van der Waals surface area contributed by atoms with E-state index in [0.29, 0.717) is 5.69 Å². The molecule has 0 spiro atoms. The molecule has 10 heteroatoms. The zero-order valence-corrected chi connectivity index (χ0v) is 18.3. The second kappa shape index (κ2) is 8.19. The van der Waals surface area contributed by atoms with Crippen molar-refractivity contribution < 1.29 is 0 Å². The third-order valence-corrected chi connectivity index (χ3v) is 6.38. The molecule has 0 aliphatic carbocycles. The number of fused-ring (bicyclic) bond motifs is 3. The van der Waals surface area contributed by atoms with Gasteiger partial charge in [-0.15, -0.1) is 16.4 Å². The van der Waals surface area contributed by atoms with E-state index in [-0.39, 0.29) is 60.3 Å². The van der Waals surface area contributed by atoms with Gasteiger partial charge in [-0.1, -0.05) is 69.2 Å². The van der Waals surface area contributed by atoms with Gasteiger partial charge in [-0.2, -0.15) is 0 Å². The molecule has 0 saturated heterocycles. The zero-order chi connectivity index (χ0) is 24.5. The number of nitrogens with zero attached hydrogens (tertiary/aromatic N) is 1. The SMILES string of the molecule is [B]c1c([B])c([B])c(-c2c([B])c([B])c(-n3c4ccccc4c4ccccc43)c([B])c2[B])c([B])c1[B]. The van der Waals surface area contributed by atoms with Crippen LogP contribution in [0.25, 0.3) is 38.6 Å². The topological polar surface area (TPSA) is 4.93 Å². The van der Waals surface area contributed by atoms with E-state index in [9.17, 15) is 0 Å². The average Bonchev–Trinajstić information content (AvgIpc) is 3.17. The highest BCUT2D eigenvalue weighted by Gasteiger charge is 2.22. The van der Waals surface area contributed by atoms with E-state index in [4.69, 9.17) is 70.6 Å². The first kappa shape index (κ1) is 23.0. The van der Waals surface area contributed by atoms with Crippen LogP contribution in [0.15, 0.2) is 48.5 Å². The Hall–Kier alpha value is -2.74. The lowest BCUT2D eigenvalue weighted by Gasteiger charge is -2.28. The molecule has 5 aromatic rings. The summed E-state index contributed by atoms with van der Waals surface area (Å²) >= 11 is 0. The summed E-state index contributed by atoms with van der Waals surface area (Å²) in [6.07, 6.45) is 0. The summed E-state index contributed by atoms with van der Waals surface area (Å²) in [5, 5.41) is 2.07. The van der Waals surface area contributed by atoms with E-state index in [0.717, 1.165) is 21.8 Å². The van der Waals surface area contributed by atoms with E-state index in [1.165, 1.54) is 0 Å². The van der Waals surface area contributed by atoms with E-state index in [1.54, 1.807) is 0 Å². The monoisotopic (exact) mass is 409 g/mol. The Balaban J connectivity index is 1.92. The Labute approximate surface area is 211 Å². The maximum Gasteiger partial charge on any atom is 0.115 e. The quantitative estimate of drug-likeness (QED) is 0.261. The van der Waals surface area contributed by atoms with E-state index in [1.807, 2.05) is 53.1 Å². The molecule has 18 radical (unpaired) electrons. The molecule has 0 aliphatic rings. The largest absolute Gasteiger partial charge is 0.310 e. The van der Waals surface area contributed by atoms with Crippen molar-refractivity contribution in [2.75, 3.05) is 0 Å². The molecule has 0 aliphatic heterocycles. The number of hydrogen-bond acceptors (Lipinski definition) is 0. The highest BCUT2D eigenvalue weighted by molar-refractivity contribution is 6.70. The molecule has 0 N–H and O–H groups in total. The molecule has 0 bridgehead atoms. The molecule has 34 heavy (non-hydrogen) atoms. The van der Waals surface area contributed by atoms with Crippen LogP contribution in [0.1, 0.15) is 0 Å². The lowest BCUT2D eigenvalue weighted by molar-refractivity contribution is 1.21. The number of aromatic nitrogens is 1. The molecule has 1 nitrogen and oxygen atoms in total. The van der Waals surface area contributed by atoms with E-state index < -0.39 is 0 Å². The van der Waals surface area contributed by atoms with Crippen molar-refractivity contribution in [2.45, 2.75) is 0 Å². The molecule has 0 unspecified atom stereocenters. The third kappa shape index (κ3) is 3.07. The van der Waals surface area contributed by atoms with Gasteiger partial charge < -0.3 is 4.57 Å². The predicted octanol–water partition coefficient (Wildman–Crippen LogP) is -4.41. The fourth-order valence-corrected chi connectivity index (χ4v) is 4.61. The van der Waals surface area contributed by atoms with E-state index >= 15 is 0 Å². The molecule has 0 atom stereocenters. The Bertz CT molecular complexity index is 1540. The van der Waals surface area contributed by atoms with Crippen molar-refractivity contribution in [3.05, 3.63) is 48.5 Å². The Morgan fingerprint density at radius 1 is 0.382 bits per heavy atom. The number of benzene rings is 4. The first-order valence-electron chi connectivity index (χ1n) is 10.4. The van der Waals surface area contributed by atoms with Crippen LogP contribution in [0.2, 0.25) is 0 Å². The first-order chi connectivity index (χ1) is 16.2. The van der Waals surface area contributed by atoms with Gasteiger partial charge in [0, 0.05) is 16.5 Å². The molecule has 136 valence electrons. The van der Waals surface area contributed by atoms with Crippen LogP contribution >= 0.6 is 0 Å². The smallest absolute Gasteiger partial charge is 0.115 e. The van der Waals surface area contributed by atoms with Crippen LogP contribution in [0.5, 0.6) is 0 Å². The first-order valence-corrected chi connectivity index (χ1v) is 10.4. The van der Waals surface area contributed by atoms with Crippen molar-refractivity contribution >= 4 is 142 Å². The second-order valence-corrected chi connectivity index (χ2v) is 8.19. The lowest BCUT2D eigenvalue weighted by Crippen LogP contribution is -2.57. The zero-order valence-electron chi connectivity index (χ0n) is 18.3. The maximum atomic E-state index is 6.62. The van der Waals surface area contributed by atoms with Gasteiger partial charge in [0.25, 0.3) is 0 Å². The van der Waals surface area contributed by atoms with Crippen molar-refractivity contribution in [1.29, 1.82) is 0 Å². The van der Waals surface area contributed by atoms with Gasteiger partial charge in [-0.25, -0.2) is 0 Å². The molecule has 0 amide bonds. The number of para-hydroxylation sites is 2. The molecular formula is C24H8B9N. The van der Waals surface area contributed by atoms with Gasteiger partial charge in [0.05, 0.1) is 11.0 Å². The van der Waals surface area contributed by atoms with Crippen molar-refractivity contribution in [2.24, 2.45) is 0 Å². The van der Waals surface area contributed by atoms with Crippen molar-refractivity contribution in [3.63, 3.8) is 0 Å². The van der Waals surface area contributed by atoms with Gasteiger partial charge in [0.15, 0.2) is 0 Å². The van der Waals surface area contributed by atoms with Crippen LogP contribution in [0.4, 0.5) is 0 Å². The predicted molar refractivity (Wildman–Crippen MR) is 155 cm³/mol. The normalized spacial score (nSPS) is 11.4. The molecule has 1 heterocycles. The van der Waals surface area contributed by atoms with Crippen LogP contribution in [-0.2, 0) is 0 Å². The molecule has 1 aromatic heterocycles. The summed E-state index contributed by atoms with van der Waals surface area (Å²) in [6.45, 7) is 0. The summed E-state index contributed by atoms with van der Waals surface area (Å²) in [7, 11) is 56.9. The van der Waals surface area contributed by atoms with Crippen LogP contribution in [0, 0.1) is 0 Å². The molecule has 5 rings (SSSR count). The van der Waals surface area contributed by atoms with Gasteiger partial charge in [0.1, 0.15) is 70.6 Å². The molecule has 4 aromatic carbocycles. The van der Waals surface area contributed by atoms with Gasteiger partial charge >= 0.3 is 0 Å². The summed E-state index contributed by atoms with van der Waals surface area (Å²) in [6, 6.07) is 15.8. The number of rotatable bonds is 2. The van der Waals surface area contributed by atoms with Crippen molar-refractivity contribution in [3.8, 4) is 16.8 Å². The highest BCUT2D eigenvalue weighted by Crippen LogP contribution is 2.30. The van der Waals surface area contributed by atoms with Crippen LogP contribution in [0.3, 0.4) is 0 Å². The minimum atomic E-state index is 0.0733. The van der Waals surface area contributed by atoms with Crippen molar-refractivity contribution in [1.82, 2.24) is 4.57 Å². The third-order valence-electron chi connectivity index (χ3n) is 6.38. The summed E-state index contributed by atoms with van der Waals surface area (Å²) in [5.74, 6) is 0. The second-order valence-electron chi connectivity index (χ2n) is 8.19. The molecule has 0 fully saturated rings. The standard InChI is InChI=1S/C24H8B9N/c25-15-13(16(26)20(30)21(31)19(15)29)14-17(27)22(32)24(23(33)18(14)28)34-11-7-3-1-5-9(11)10-6-2-4-8-12(10)34/h1-8H. The summed E-state index contributed by atoms with van der Waals surface area (Å²) in [4.78, 5) is 0. The highest BCUT2D eigenvalue weighted by atomic mass is 15.0. The summed E-state index contributed by atoms with van der Waals surface area (Å²) < 4.78 is 1.95. The summed E-state index contributed by atoms with van der Waals surface area (Å²) in [5.41, 5.74) is 3.87. The number of hydrogen-bond donors (Lipinski definition) is 0. The van der Waals surface area contributed by atoms with Gasteiger partial charge in [-0.3, -0.25) is 0 Å². The maximum absolute atomic E-state index is 6.62. The molecular weight excluding hydrogens is 400 g/mol. The average molecular weight is 408 g/mol. The van der Waals surface area contributed by atoms with Crippen LogP contribution < -0.4 is 49.2 Å². The minimum absolute atomic E-state index is 0.0733.